The first-order chi connectivity index (χ1) is 7.83. The topological polar surface area (TPSA) is 29.9 Å². The van der Waals surface area contributed by atoms with Crippen molar-refractivity contribution in [1.29, 1.82) is 0 Å². The summed E-state index contributed by atoms with van der Waals surface area (Å²) in [5, 5.41) is 3.25. The molecule has 2 aromatic rings. The lowest BCUT2D eigenvalue weighted by molar-refractivity contribution is 0.503. The van der Waals surface area contributed by atoms with E-state index in [1.54, 1.807) is 12.1 Å². The highest BCUT2D eigenvalue weighted by Crippen LogP contribution is 2.19. The molecule has 81 valence electrons. The second-order valence-electron chi connectivity index (χ2n) is 3.82. The third kappa shape index (κ3) is 1.61. The second-order valence-corrected chi connectivity index (χ2v) is 3.82. The number of imidazole rings is 1. The Morgan fingerprint density at radius 3 is 2.88 bits per heavy atom. The van der Waals surface area contributed by atoms with Crippen LogP contribution in [0.3, 0.4) is 0 Å². The molecule has 0 bridgehead atoms. The van der Waals surface area contributed by atoms with E-state index in [1.165, 1.54) is 12.1 Å². The molecule has 3 nitrogen and oxygen atoms in total. The van der Waals surface area contributed by atoms with Gasteiger partial charge in [0.1, 0.15) is 11.6 Å². The van der Waals surface area contributed by atoms with Gasteiger partial charge in [0.15, 0.2) is 0 Å². The van der Waals surface area contributed by atoms with E-state index < -0.39 is 0 Å². The van der Waals surface area contributed by atoms with Crippen molar-refractivity contribution < 1.29 is 4.39 Å². The van der Waals surface area contributed by atoms with E-state index in [2.05, 4.69) is 16.5 Å². The molecule has 1 aromatic carbocycles. The number of aromatic nitrogens is 2. The Bertz CT molecular complexity index is 478. The fourth-order valence-electron chi connectivity index (χ4n) is 1.85. The van der Waals surface area contributed by atoms with Gasteiger partial charge in [0.25, 0.3) is 0 Å². The summed E-state index contributed by atoms with van der Waals surface area (Å²) in [7, 11) is 0. The summed E-state index contributed by atoms with van der Waals surface area (Å²) in [6.45, 7) is 2.62. The van der Waals surface area contributed by atoms with E-state index in [9.17, 15) is 4.39 Å². The maximum Gasteiger partial charge on any atom is 0.124 e. The van der Waals surface area contributed by atoms with Gasteiger partial charge in [-0.1, -0.05) is 0 Å². The Morgan fingerprint density at radius 1 is 1.31 bits per heavy atom. The number of nitrogens with one attached hydrogen (secondary N) is 1. The number of rotatable bonds is 1. The van der Waals surface area contributed by atoms with Crippen LogP contribution >= 0.6 is 0 Å². The maximum absolute atomic E-state index is 12.8. The second kappa shape index (κ2) is 3.72. The molecular formula is C12H11FN3. The molecule has 2 heterocycles. The van der Waals surface area contributed by atoms with Gasteiger partial charge in [0.2, 0.25) is 0 Å². The molecule has 16 heavy (non-hydrogen) atoms. The molecule has 0 amide bonds. The number of hydrogen-bond donors (Lipinski definition) is 1. The third-order valence-corrected chi connectivity index (χ3v) is 2.71. The van der Waals surface area contributed by atoms with E-state index in [1.807, 2.05) is 4.57 Å². The van der Waals surface area contributed by atoms with Crippen LogP contribution in [0, 0.1) is 12.0 Å². The first-order valence-corrected chi connectivity index (χ1v) is 5.28. The van der Waals surface area contributed by atoms with E-state index in [0.29, 0.717) is 0 Å². The number of benzene rings is 1. The van der Waals surface area contributed by atoms with Gasteiger partial charge in [-0.05, 0) is 24.3 Å². The maximum atomic E-state index is 12.8. The van der Waals surface area contributed by atoms with Crippen molar-refractivity contribution in [3.63, 3.8) is 0 Å². The van der Waals surface area contributed by atoms with Gasteiger partial charge in [0, 0.05) is 18.7 Å². The van der Waals surface area contributed by atoms with Crippen molar-refractivity contribution in [1.82, 2.24) is 14.9 Å². The molecule has 1 radical (unpaired) electrons. The zero-order valence-corrected chi connectivity index (χ0v) is 8.70. The van der Waals surface area contributed by atoms with Gasteiger partial charge in [-0.2, -0.15) is 0 Å². The van der Waals surface area contributed by atoms with Crippen molar-refractivity contribution in [2.75, 3.05) is 6.54 Å². The average molecular weight is 216 g/mol. The summed E-state index contributed by atoms with van der Waals surface area (Å²) in [4.78, 5) is 4.47. The Hall–Kier alpha value is -1.68. The van der Waals surface area contributed by atoms with E-state index in [4.69, 9.17) is 0 Å². The fourth-order valence-corrected chi connectivity index (χ4v) is 1.85. The van der Waals surface area contributed by atoms with Crippen LogP contribution < -0.4 is 5.32 Å². The van der Waals surface area contributed by atoms with Gasteiger partial charge < -0.3 is 9.88 Å². The molecule has 1 aliphatic heterocycles. The average Bonchev–Trinajstić information content (AvgIpc) is 2.73. The third-order valence-electron chi connectivity index (χ3n) is 2.71. The largest absolute Gasteiger partial charge is 0.324 e. The number of hydrogen-bond acceptors (Lipinski definition) is 2. The van der Waals surface area contributed by atoms with Crippen molar-refractivity contribution in [2.24, 2.45) is 0 Å². The number of halogens is 1. The van der Waals surface area contributed by atoms with Crippen molar-refractivity contribution >= 4 is 0 Å². The lowest BCUT2D eigenvalue weighted by Crippen LogP contribution is -2.27. The zero-order valence-electron chi connectivity index (χ0n) is 8.70. The highest BCUT2D eigenvalue weighted by Gasteiger charge is 2.13. The molecule has 3 rings (SSSR count). The van der Waals surface area contributed by atoms with Crippen LogP contribution in [-0.2, 0) is 13.1 Å². The van der Waals surface area contributed by atoms with Crippen LogP contribution in [0.15, 0.2) is 24.3 Å². The molecule has 1 aliphatic rings. The molecule has 0 atom stereocenters. The molecule has 1 N–H and O–H groups in total. The molecule has 1 aromatic heterocycles. The quantitative estimate of drug-likeness (QED) is 0.784. The Labute approximate surface area is 92.9 Å². The number of nitrogens with zero attached hydrogens (tertiary/aromatic N) is 2. The van der Waals surface area contributed by atoms with Gasteiger partial charge in [-0.25, -0.2) is 9.37 Å². The zero-order chi connectivity index (χ0) is 11.0. The van der Waals surface area contributed by atoms with Crippen LogP contribution in [0.25, 0.3) is 11.3 Å². The van der Waals surface area contributed by atoms with E-state index in [0.717, 1.165) is 36.7 Å². The van der Waals surface area contributed by atoms with Crippen LogP contribution in [0.4, 0.5) is 4.39 Å². The summed E-state index contributed by atoms with van der Waals surface area (Å²) in [6.07, 6.45) is 3.21. The predicted molar refractivity (Wildman–Crippen MR) is 58.2 cm³/mol. The van der Waals surface area contributed by atoms with Gasteiger partial charge in [0.05, 0.1) is 18.4 Å². The lowest BCUT2D eigenvalue weighted by Gasteiger charge is -2.13. The van der Waals surface area contributed by atoms with Gasteiger partial charge in [-0.15, -0.1) is 0 Å². The Balaban J connectivity index is 2.00. The predicted octanol–water partition coefficient (Wildman–Crippen LogP) is 1.59. The van der Waals surface area contributed by atoms with Crippen LogP contribution in [0.2, 0.25) is 0 Å². The molecule has 0 saturated heterocycles. The van der Waals surface area contributed by atoms with E-state index in [-0.39, 0.29) is 5.82 Å². The summed E-state index contributed by atoms with van der Waals surface area (Å²) >= 11 is 0. The monoisotopic (exact) mass is 216 g/mol. The lowest BCUT2D eigenvalue weighted by atomic mass is 10.2. The molecule has 0 fully saturated rings. The summed E-state index contributed by atoms with van der Waals surface area (Å²) in [5.41, 5.74) is 1.70. The minimum absolute atomic E-state index is 0.227. The fraction of sp³-hybridized carbons (Fsp3) is 0.250. The summed E-state index contributed by atoms with van der Waals surface area (Å²) in [5.74, 6) is 0.764. The molecule has 0 spiro atoms. The minimum Gasteiger partial charge on any atom is -0.324 e. The molecular weight excluding hydrogens is 205 g/mol. The molecule has 4 heteroatoms. The highest BCUT2D eigenvalue weighted by atomic mass is 19.1. The van der Waals surface area contributed by atoms with Crippen LogP contribution in [-0.4, -0.2) is 16.1 Å². The van der Waals surface area contributed by atoms with Crippen molar-refractivity contribution in [2.45, 2.75) is 13.1 Å². The highest BCUT2D eigenvalue weighted by molar-refractivity contribution is 5.57. The standard InChI is InChI=1S/C12H11FN3/c13-10-3-1-9(2-4-10)11-8-16-6-5-14-7-12(16)15-11/h1-4,14H,5-7H2. The van der Waals surface area contributed by atoms with Gasteiger partial charge >= 0.3 is 0 Å². The molecule has 0 saturated carbocycles. The van der Waals surface area contributed by atoms with Crippen molar-refractivity contribution in [3.05, 3.63) is 42.1 Å². The normalized spacial score (nSPS) is 14.8. The first-order valence-electron chi connectivity index (χ1n) is 5.28. The number of fused-ring (bicyclic) bond motifs is 1. The van der Waals surface area contributed by atoms with Crippen molar-refractivity contribution in [3.8, 4) is 11.3 Å². The Kier molecular flexibility index (Phi) is 2.22. The summed E-state index contributed by atoms with van der Waals surface area (Å²) < 4.78 is 14.8. The van der Waals surface area contributed by atoms with Crippen LogP contribution in [0.5, 0.6) is 0 Å². The first kappa shape index (κ1) is 9.54. The van der Waals surface area contributed by atoms with E-state index >= 15 is 0 Å². The Morgan fingerprint density at radius 2 is 2.12 bits per heavy atom. The summed E-state index contributed by atoms with van der Waals surface area (Å²) in [6, 6.07) is 6.35. The van der Waals surface area contributed by atoms with Gasteiger partial charge in [-0.3, -0.25) is 0 Å². The minimum atomic E-state index is -0.227. The molecule has 0 aliphatic carbocycles. The van der Waals surface area contributed by atoms with Crippen LogP contribution in [0.1, 0.15) is 5.82 Å². The molecule has 0 unspecified atom stereocenters. The SMILES string of the molecule is Fc1ccc(-c2[c]n3c(n2)CNCC3)cc1. The smallest absolute Gasteiger partial charge is 0.124 e.